The molecule has 4 nitrogen and oxygen atoms in total. The van der Waals surface area contributed by atoms with Crippen LogP contribution in [0.1, 0.15) is 33.3 Å². The van der Waals surface area contributed by atoms with Crippen molar-refractivity contribution >= 4 is 11.6 Å². The minimum absolute atomic E-state index is 0.0711. The number of para-hydroxylation sites is 1. The fourth-order valence-electron chi connectivity index (χ4n) is 2.91. The summed E-state index contributed by atoms with van der Waals surface area (Å²) in [4.78, 5) is 17.0. The average molecular weight is 303 g/mol. The second-order valence-electron chi connectivity index (χ2n) is 7.22. The van der Waals surface area contributed by atoms with Gasteiger partial charge >= 0.3 is 0 Å². The largest absolute Gasteiger partial charge is 0.369 e. The summed E-state index contributed by atoms with van der Waals surface area (Å²) >= 11 is 0. The summed E-state index contributed by atoms with van der Waals surface area (Å²) in [5.41, 5.74) is 2.46. The average Bonchev–Trinajstić information content (AvgIpc) is 2.45. The van der Waals surface area contributed by atoms with Gasteiger partial charge in [-0.25, -0.2) is 0 Å². The number of carbonyl (C=O) groups excluding carboxylic acids is 1. The van der Waals surface area contributed by atoms with Crippen LogP contribution >= 0.6 is 0 Å². The van der Waals surface area contributed by atoms with Crippen LogP contribution in [0.5, 0.6) is 0 Å². The zero-order valence-corrected chi connectivity index (χ0v) is 14.5. The van der Waals surface area contributed by atoms with Gasteiger partial charge in [0.25, 0.3) is 0 Å². The van der Waals surface area contributed by atoms with E-state index in [1.165, 1.54) is 11.3 Å². The van der Waals surface area contributed by atoms with Gasteiger partial charge in [-0.3, -0.25) is 9.69 Å². The van der Waals surface area contributed by atoms with E-state index in [2.05, 4.69) is 46.3 Å². The maximum atomic E-state index is 12.3. The summed E-state index contributed by atoms with van der Waals surface area (Å²) in [6, 6.07) is 8.43. The van der Waals surface area contributed by atoms with Crippen LogP contribution in [0.2, 0.25) is 0 Å². The molecular weight excluding hydrogens is 274 g/mol. The highest BCUT2D eigenvalue weighted by Gasteiger charge is 2.27. The minimum atomic E-state index is -0.172. The maximum Gasteiger partial charge on any atom is 0.237 e. The normalized spacial score (nSPS) is 18.1. The van der Waals surface area contributed by atoms with Gasteiger partial charge in [-0.1, -0.05) is 18.2 Å². The Balaban J connectivity index is 1.92. The standard InChI is InChI=1S/C18H29N3O/c1-14-8-6-7-9-16(14)21-12-10-20(11-13-21)15(2)17(22)19-18(3,4)5/h6-9,15H,10-13H2,1-5H3,(H,19,22). The maximum absolute atomic E-state index is 12.3. The van der Waals surface area contributed by atoms with Crippen LogP contribution in [0.15, 0.2) is 24.3 Å². The van der Waals surface area contributed by atoms with Crippen molar-refractivity contribution in [1.82, 2.24) is 10.2 Å². The third kappa shape index (κ3) is 4.23. The molecule has 1 atom stereocenters. The molecule has 1 heterocycles. The molecule has 2 rings (SSSR count). The second-order valence-corrected chi connectivity index (χ2v) is 7.22. The molecule has 1 saturated heterocycles. The van der Waals surface area contributed by atoms with E-state index in [1.54, 1.807) is 0 Å². The molecule has 4 heteroatoms. The number of nitrogens with zero attached hydrogens (tertiary/aromatic N) is 2. The number of hydrogen-bond acceptors (Lipinski definition) is 3. The van der Waals surface area contributed by atoms with Crippen molar-refractivity contribution in [1.29, 1.82) is 0 Å². The van der Waals surface area contributed by atoms with Crippen molar-refractivity contribution in [2.75, 3.05) is 31.1 Å². The summed E-state index contributed by atoms with van der Waals surface area (Å²) in [5, 5.41) is 3.07. The summed E-state index contributed by atoms with van der Waals surface area (Å²) in [5.74, 6) is 0.122. The van der Waals surface area contributed by atoms with Crippen molar-refractivity contribution in [3.8, 4) is 0 Å². The Labute approximate surface area is 134 Å². The predicted molar refractivity (Wildman–Crippen MR) is 92.3 cm³/mol. The van der Waals surface area contributed by atoms with Gasteiger partial charge in [0.1, 0.15) is 0 Å². The molecular formula is C18H29N3O. The quantitative estimate of drug-likeness (QED) is 0.931. The molecule has 0 bridgehead atoms. The Morgan fingerprint density at radius 3 is 2.27 bits per heavy atom. The molecule has 122 valence electrons. The molecule has 1 aliphatic rings. The molecule has 0 saturated carbocycles. The number of hydrogen-bond donors (Lipinski definition) is 1. The van der Waals surface area contributed by atoms with Gasteiger partial charge in [0, 0.05) is 37.4 Å². The van der Waals surface area contributed by atoms with E-state index in [0.29, 0.717) is 0 Å². The van der Waals surface area contributed by atoms with E-state index < -0.39 is 0 Å². The molecule has 1 fully saturated rings. The van der Waals surface area contributed by atoms with E-state index in [0.717, 1.165) is 26.2 Å². The van der Waals surface area contributed by atoms with Crippen molar-refractivity contribution < 1.29 is 4.79 Å². The van der Waals surface area contributed by atoms with E-state index in [-0.39, 0.29) is 17.5 Å². The van der Waals surface area contributed by atoms with Gasteiger partial charge in [0.15, 0.2) is 0 Å². The molecule has 1 aromatic rings. The topological polar surface area (TPSA) is 35.6 Å². The number of carbonyl (C=O) groups is 1. The monoisotopic (exact) mass is 303 g/mol. The number of benzene rings is 1. The van der Waals surface area contributed by atoms with E-state index in [4.69, 9.17) is 0 Å². The van der Waals surface area contributed by atoms with Gasteiger partial charge in [0.05, 0.1) is 6.04 Å². The molecule has 1 aliphatic heterocycles. The second kappa shape index (κ2) is 6.69. The molecule has 0 aromatic heterocycles. The number of rotatable bonds is 3. The fourth-order valence-corrected chi connectivity index (χ4v) is 2.91. The smallest absolute Gasteiger partial charge is 0.237 e. The zero-order chi connectivity index (χ0) is 16.3. The van der Waals surface area contributed by atoms with E-state index in [1.807, 2.05) is 27.7 Å². The van der Waals surface area contributed by atoms with E-state index >= 15 is 0 Å². The summed E-state index contributed by atoms with van der Waals surface area (Å²) < 4.78 is 0. The first-order chi connectivity index (χ1) is 10.3. The first kappa shape index (κ1) is 16.8. The highest BCUT2D eigenvalue weighted by molar-refractivity contribution is 5.82. The van der Waals surface area contributed by atoms with Crippen LogP contribution in [0.25, 0.3) is 0 Å². The third-order valence-electron chi connectivity index (χ3n) is 4.20. The number of nitrogens with one attached hydrogen (secondary N) is 1. The van der Waals surface area contributed by atoms with Crippen LogP contribution in [-0.2, 0) is 4.79 Å². The SMILES string of the molecule is Cc1ccccc1N1CCN(C(C)C(=O)NC(C)(C)C)CC1. The van der Waals surface area contributed by atoms with Crippen LogP contribution in [-0.4, -0.2) is 48.6 Å². The van der Waals surface area contributed by atoms with Gasteiger partial charge < -0.3 is 10.2 Å². The molecule has 0 spiro atoms. The Kier molecular flexibility index (Phi) is 5.12. The first-order valence-corrected chi connectivity index (χ1v) is 8.14. The number of aryl methyl sites for hydroxylation is 1. The highest BCUT2D eigenvalue weighted by atomic mass is 16.2. The number of piperazine rings is 1. The third-order valence-corrected chi connectivity index (χ3v) is 4.20. The molecule has 0 radical (unpaired) electrons. The lowest BCUT2D eigenvalue weighted by Crippen LogP contribution is -2.56. The molecule has 22 heavy (non-hydrogen) atoms. The fraction of sp³-hybridized carbons (Fsp3) is 0.611. The molecule has 1 amide bonds. The van der Waals surface area contributed by atoms with Crippen molar-refractivity contribution in [3.05, 3.63) is 29.8 Å². The van der Waals surface area contributed by atoms with Gasteiger partial charge in [-0.05, 0) is 46.2 Å². The lowest BCUT2D eigenvalue weighted by molar-refractivity contribution is -0.127. The Morgan fingerprint density at radius 1 is 1.14 bits per heavy atom. The van der Waals surface area contributed by atoms with Crippen molar-refractivity contribution in [2.45, 2.75) is 46.2 Å². The predicted octanol–water partition coefficient (Wildman–Crippen LogP) is 2.42. The molecule has 0 aliphatic carbocycles. The first-order valence-electron chi connectivity index (χ1n) is 8.14. The lowest BCUT2D eigenvalue weighted by Gasteiger charge is -2.39. The van der Waals surface area contributed by atoms with Crippen LogP contribution in [0.4, 0.5) is 5.69 Å². The lowest BCUT2D eigenvalue weighted by atomic mass is 10.1. The Bertz CT molecular complexity index is 513. The van der Waals surface area contributed by atoms with Crippen LogP contribution in [0.3, 0.4) is 0 Å². The van der Waals surface area contributed by atoms with E-state index in [9.17, 15) is 4.79 Å². The zero-order valence-electron chi connectivity index (χ0n) is 14.5. The Hall–Kier alpha value is -1.55. The van der Waals surface area contributed by atoms with Gasteiger partial charge in [-0.15, -0.1) is 0 Å². The van der Waals surface area contributed by atoms with Crippen molar-refractivity contribution in [3.63, 3.8) is 0 Å². The summed E-state index contributed by atoms with van der Waals surface area (Å²) in [6.07, 6.45) is 0. The number of amides is 1. The van der Waals surface area contributed by atoms with Gasteiger partial charge in [-0.2, -0.15) is 0 Å². The van der Waals surface area contributed by atoms with Crippen LogP contribution in [0, 0.1) is 6.92 Å². The molecule has 1 aromatic carbocycles. The minimum Gasteiger partial charge on any atom is -0.369 e. The molecule has 1 N–H and O–H groups in total. The summed E-state index contributed by atoms with van der Waals surface area (Å²) in [6.45, 7) is 14.0. The van der Waals surface area contributed by atoms with Crippen molar-refractivity contribution in [2.24, 2.45) is 0 Å². The van der Waals surface area contributed by atoms with Gasteiger partial charge in [0.2, 0.25) is 5.91 Å². The number of anilines is 1. The Morgan fingerprint density at radius 2 is 1.73 bits per heavy atom. The summed E-state index contributed by atoms with van der Waals surface area (Å²) in [7, 11) is 0. The molecule has 1 unspecified atom stereocenters. The van der Waals surface area contributed by atoms with Crippen LogP contribution < -0.4 is 10.2 Å². The highest BCUT2D eigenvalue weighted by Crippen LogP contribution is 2.21.